The lowest BCUT2D eigenvalue weighted by molar-refractivity contribution is 0.469. The Morgan fingerprint density at radius 3 is 3.06 bits per heavy atom. The lowest BCUT2D eigenvalue weighted by Crippen LogP contribution is -2.28. The summed E-state index contributed by atoms with van der Waals surface area (Å²) in [6.45, 7) is 3.01. The molecule has 0 saturated carbocycles. The Bertz CT molecular complexity index is 575. The van der Waals surface area contributed by atoms with E-state index in [4.69, 9.17) is 0 Å². The normalized spacial score (nSPS) is 20.7. The van der Waals surface area contributed by atoms with Gasteiger partial charge in [-0.15, -0.1) is 0 Å². The van der Waals surface area contributed by atoms with Crippen molar-refractivity contribution < 1.29 is 0 Å². The molecule has 1 unspecified atom stereocenters. The molecule has 4 nitrogen and oxygen atoms in total. The molecule has 0 radical (unpaired) electrons. The number of hydrogen-bond acceptors (Lipinski definition) is 2. The third kappa shape index (κ3) is 1.30. The first-order valence-corrected chi connectivity index (χ1v) is 5.70. The van der Waals surface area contributed by atoms with E-state index in [1.807, 2.05) is 29.7 Å². The van der Waals surface area contributed by atoms with Gasteiger partial charge in [0.05, 0.1) is 17.2 Å². The maximum Gasteiger partial charge on any atom is 0.327 e. The summed E-state index contributed by atoms with van der Waals surface area (Å²) in [4.78, 5) is 14.9. The third-order valence-electron chi connectivity index (χ3n) is 3.31. The second-order valence-corrected chi connectivity index (χ2v) is 4.38. The molecule has 84 valence electrons. The number of aromatic nitrogens is 2. The lowest BCUT2D eigenvalue weighted by Gasteiger charge is -2.11. The maximum absolute atomic E-state index is 11.9. The van der Waals surface area contributed by atoms with Gasteiger partial charge in [0.25, 0.3) is 0 Å². The number of hydrogen-bond donors (Lipinski definition) is 2. The fourth-order valence-corrected chi connectivity index (χ4v) is 2.49. The van der Waals surface area contributed by atoms with Crippen LogP contribution in [-0.2, 0) is 0 Å². The van der Waals surface area contributed by atoms with E-state index < -0.39 is 0 Å². The summed E-state index contributed by atoms with van der Waals surface area (Å²) in [7, 11) is 0. The molecule has 0 amide bonds. The van der Waals surface area contributed by atoms with Crippen LogP contribution in [0.3, 0.4) is 0 Å². The highest BCUT2D eigenvalue weighted by molar-refractivity contribution is 5.78. The van der Waals surface area contributed by atoms with Crippen molar-refractivity contribution in [2.75, 3.05) is 6.54 Å². The minimum Gasteiger partial charge on any atom is -0.305 e. The van der Waals surface area contributed by atoms with Crippen LogP contribution in [0.2, 0.25) is 0 Å². The number of aromatic amines is 1. The quantitative estimate of drug-likeness (QED) is 0.761. The van der Waals surface area contributed by atoms with Gasteiger partial charge >= 0.3 is 5.69 Å². The summed E-state index contributed by atoms with van der Waals surface area (Å²) >= 11 is 0. The molecule has 1 aromatic heterocycles. The summed E-state index contributed by atoms with van der Waals surface area (Å²) in [6.07, 6.45) is 2.32. The highest BCUT2D eigenvalue weighted by Crippen LogP contribution is 2.21. The standard InChI is InChI=1S/C12H15N3O/c1-8-4-2-5-9-11(8)14-12(16)15(9)10-6-3-7-13-10/h2,4-5,10,13H,3,6-7H2,1H3,(H,14,16). The van der Waals surface area contributed by atoms with Gasteiger partial charge in [-0.3, -0.25) is 9.88 Å². The molecule has 1 aliphatic rings. The smallest absolute Gasteiger partial charge is 0.305 e. The fourth-order valence-electron chi connectivity index (χ4n) is 2.49. The molecule has 0 spiro atoms. The van der Waals surface area contributed by atoms with Crippen molar-refractivity contribution in [1.29, 1.82) is 0 Å². The van der Waals surface area contributed by atoms with Crippen LogP contribution in [0, 0.1) is 6.92 Å². The SMILES string of the molecule is Cc1cccc2c1[nH]c(=O)n2C1CCCN1. The molecule has 2 N–H and O–H groups in total. The number of nitrogens with one attached hydrogen (secondary N) is 2. The molecule has 3 rings (SSSR count). The predicted octanol–water partition coefficient (Wildman–Crippen LogP) is 1.52. The Balaban J connectivity index is 2.27. The van der Waals surface area contributed by atoms with Gasteiger partial charge in [-0.1, -0.05) is 12.1 Å². The Morgan fingerprint density at radius 2 is 2.31 bits per heavy atom. The Kier molecular flexibility index (Phi) is 2.11. The zero-order valence-electron chi connectivity index (χ0n) is 9.29. The van der Waals surface area contributed by atoms with Crippen LogP contribution in [-0.4, -0.2) is 16.1 Å². The van der Waals surface area contributed by atoms with Crippen LogP contribution in [0.4, 0.5) is 0 Å². The van der Waals surface area contributed by atoms with Crippen molar-refractivity contribution in [2.24, 2.45) is 0 Å². The van der Waals surface area contributed by atoms with E-state index >= 15 is 0 Å². The number of imidazole rings is 1. The van der Waals surface area contributed by atoms with Crippen LogP contribution >= 0.6 is 0 Å². The van der Waals surface area contributed by atoms with Crippen LogP contribution in [0.15, 0.2) is 23.0 Å². The van der Waals surface area contributed by atoms with Crippen LogP contribution in [0.1, 0.15) is 24.6 Å². The van der Waals surface area contributed by atoms with Gasteiger partial charge in [0.15, 0.2) is 0 Å². The predicted molar refractivity (Wildman–Crippen MR) is 63.6 cm³/mol. The number of H-pyrrole nitrogens is 1. The van der Waals surface area contributed by atoms with Crippen molar-refractivity contribution in [3.63, 3.8) is 0 Å². The fraction of sp³-hybridized carbons (Fsp3) is 0.417. The first-order chi connectivity index (χ1) is 7.77. The Morgan fingerprint density at radius 1 is 1.44 bits per heavy atom. The number of rotatable bonds is 1. The first-order valence-electron chi connectivity index (χ1n) is 5.70. The van der Waals surface area contributed by atoms with Crippen molar-refractivity contribution in [3.8, 4) is 0 Å². The van der Waals surface area contributed by atoms with Gasteiger partial charge in [0.1, 0.15) is 0 Å². The third-order valence-corrected chi connectivity index (χ3v) is 3.31. The number of benzene rings is 1. The highest BCUT2D eigenvalue weighted by atomic mass is 16.1. The molecule has 1 fully saturated rings. The van der Waals surface area contributed by atoms with Crippen LogP contribution in [0.5, 0.6) is 0 Å². The van der Waals surface area contributed by atoms with Crippen LogP contribution < -0.4 is 11.0 Å². The van der Waals surface area contributed by atoms with E-state index in [2.05, 4.69) is 10.3 Å². The number of fused-ring (bicyclic) bond motifs is 1. The molecule has 1 saturated heterocycles. The zero-order valence-corrected chi connectivity index (χ0v) is 9.29. The van der Waals surface area contributed by atoms with E-state index in [1.54, 1.807) is 0 Å². The van der Waals surface area contributed by atoms with E-state index in [0.717, 1.165) is 36.0 Å². The number of aryl methyl sites for hydroxylation is 1. The number of para-hydroxylation sites is 1. The molecule has 1 aromatic carbocycles. The molecule has 4 heteroatoms. The Labute approximate surface area is 93.3 Å². The van der Waals surface area contributed by atoms with E-state index in [9.17, 15) is 4.79 Å². The van der Waals surface area contributed by atoms with Crippen molar-refractivity contribution in [3.05, 3.63) is 34.2 Å². The lowest BCUT2D eigenvalue weighted by atomic mass is 10.2. The summed E-state index contributed by atoms with van der Waals surface area (Å²) in [5, 5.41) is 3.35. The minimum absolute atomic E-state index is 0.0105. The van der Waals surface area contributed by atoms with E-state index in [1.165, 1.54) is 0 Å². The summed E-state index contributed by atoms with van der Waals surface area (Å²) < 4.78 is 1.84. The largest absolute Gasteiger partial charge is 0.327 e. The second-order valence-electron chi connectivity index (χ2n) is 4.38. The first kappa shape index (κ1) is 9.66. The average Bonchev–Trinajstić information content (AvgIpc) is 2.85. The molecular weight excluding hydrogens is 202 g/mol. The molecule has 2 heterocycles. The maximum atomic E-state index is 11.9. The second kappa shape index (κ2) is 3.49. The van der Waals surface area contributed by atoms with Crippen molar-refractivity contribution in [1.82, 2.24) is 14.9 Å². The average molecular weight is 217 g/mol. The molecular formula is C12H15N3O. The van der Waals surface area contributed by atoms with Gasteiger partial charge in [-0.25, -0.2) is 4.79 Å². The summed E-state index contributed by atoms with van der Waals surface area (Å²) in [6, 6.07) is 6.02. The topological polar surface area (TPSA) is 49.8 Å². The van der Waals surface area contributed by atoms with Crippen molar-refractivity contribution in [2.45, 2.75) is 25.9 Å². The zero-order chi connectivity index (χ0) is 11.1. The monoisotopic (exact) mass is 217 g/mol. The van der Waals surface area contributed by atoms with Crippen molar-refractivity contribution >= 4 is 11.0 Å². The van der Waals surface area contributed by atoms with Gasteiger partial charge in [-0.2, -0.15) is 0 Å². The highest BCUT2D eigenvalue weighted by Gasteiger charge is 2.20. The van der Waals surface area contributed by atoms with Crippen LogP contribution in [0.25, 0.3) is 11.0 Å². The molecule has 16 heavy (non-hydrogen) atoms. The molecule has 0 aliphatic carbocycles. The molecule has 1 atom stereocenters. The van der Waals surface area contributed by atoms with Gasteiger partial charge in [0, 0.05) is 0 Å². The van der Waals surface area contributed by atoms with Gasteiger partial charge in [-0.05, 0) is 37.9 Å². The number of nitrogens with zero attached hydrogens (tertiary/aromatic N) is 1. The summed E-state index contributed by atoms with van der Waals surface area (Å²) in [5.41, 5.74) is 3.07. The minimum atomic E-state index is -0.0105. The van der Waals surface area contributed by atoms with Gasteiger partial charge in [0.2, 0.25) is 0 Å². The molecule has 1 aliphatic heterocycles. The molecule has 0 bridgehead atoms. The van der Waals surface area contributed by atoms with Gasteiger partial charge < -0.3 is 4.98 Å². The Hall–Kier alpha value is -1.55. The summed E-state index contributed by atoms with van der Waals surface area (Å²) in [5.74, 6) is 0. The van der Waals surface area contributed by atoms with E-state index in [0.29, 0.717) is 0 Å². The molecule has 2 aromatic rings. The van der Waals surface area contributed by atoms with E-state index in [-0.39, 0.29) is 11.9 Å².